The number of hydrogen-bond donors (Lipinski definition) is 0. The fraction of sp³-hybridized carbons (Fsp3) is 0.308. The van der Waals surface area contributed by atoms with Gasteiger partial charge in [0.2, 0.25) is 0 Å². The minimum atomic E-state index is 0.0117. The Morgan fingerprint density at radius 2 is 2.07 bits per heavy atom. The summed E-state index contributed by atoms with van der Waals surface area (Å²) in [5.41, 5.74) is 1.27. The van der Waals surface area contributed by atoms with Crippen molar-refractivity contribution >= 4 is 6.29 Å². The minimum Gasteiger partial charge on any atom is -0.303 e. The van der Waals surface area contributed by atoms with E-state index >= 15 is 0 Å². The average Bonchev–Trinajstić information content (AvgIpc) is 2.95. The lowest BCUT2D eigenvalue weighted by molar-refractivity contribution is -0.109. The Kier molecular flexibility index (Phi) is 2.24. The van der Waals surface area contributed by atoms with Gasteiger partial charge in [0.25, 0.3) is 0 Å². The summed E-state index contributed by atoms with van der Waals surface area (Å²) in [4.78, 5) is 10.8. The van der Waals surface area contributed by atoms with Crippen LogP contribution in [0.5, 0.6) is 0 Å². The molecule has 14 heavy (non-hydrogen) atoms. The summed E-state index contributed by atoms with van der Waals surface area (Å²) in [6, 6.07) is 10.3. The zero-order valence-electron chi connectivity index (χ0n) is 8.31. The van der Waals surface area contributed by atoms with E-state index in [0.29, 0.717) is 0 Å². The predicted octanol–water partition coefficient (Wildman–Crippen LogP) is 2.72. The van der Waals surface area contributed by atoms with E-state index in [9.17, 15) is 4.79 Å². The van der Waals surface area contributed by atoms with Crippen molar-refractivity contribution in [3.63, 3.8) is 0 Å². The number of carbonyl (C=O) groups excluding carboxylic acids is 1. The molecule has 1 nitrogen and oxygen atoms in total. The van der Waals surface area contributed by atoms with E-state index in [2.05, 4.69) is 18.2 Å². The fourth-order valence-corrected chi connectivity index (χ4v) is 2.14. The van der Waals surface area contributed by atoms with Gasteiger partial charge in [-0.25, -0.2) is 0 Å². The molecule has 0 heterocycles. The molecule has 1 fully saturated rings. The Hall–Kier alpha value is -1.37. The molecule has 2 atom stereocenters. The number of rotatable bonds is 3. The third-order valence-corrected chi connectivity index (χ3v) is 3.00. The first kappa shape index (κ1) is 9.20. The summed E-state index contributed by atoms with van der Waals surface area (Å²) in [5.74, 6) is 0.182. The van der Waals surface area contributed by atoms with Crippen molar-refractivity contribution in [1.29, 1.82) is 0 Å². The molecule has 0 unspecified atom stereocenters. The Balaban J connectivity index is 2.35. The molecule has 72 valence electrons. The highest BCUT2D eigenvalue weighted by Gasteiger charge is 2.52. The van der Waals surface area contributed by atoms with Gasteiger partial charge in [0.05, 0.1) is 0 Å². The second-order valence-corrected chi connectivity index (χ2v) is 3.85. The number of carbonyl (C=O) groups is 1. The quantitative estimate of drug-likeness (QED) is 0.524. The van der Waals surface area contributed by atoms with Crippen LogP contribution in [0.25, 0.3) is 0 Å². The SMILES string of the molecule is C/C=C/[C@@]1(c2ccccc2)C[C@H]1C=O. The number of aldehydes is 1. The molecule has 0 bridgehead atoms. The first-order valence-electron chi connectivity index (χ1n) is 4.98. The van der Waals surface area contributed by atoms with Gasteiger partial charge < -0.3 is 4.79 Å². The molecule has 2 rings (SSSR count). The Morgan fingerprint density at radius 1 is 1.36 bits per heavy atom. The minimum absolute atomic E-state index is 0.0117. The predicted molar refractivity (Wildman–Crippen MR) is 57.1 cm³/mol. The molecule has 1 aliphatic carbocycles. The molecular formula is C13H14O. The second kappa shape index (κ2) is 3.41. The normalized spacial score (nSPS) is 30.5. The molecule has 0 spiro atoms. The summed E-state index contributed by atoms with van der Waals surface area (Å²) < 4.78 is 0. The lowest BCUT2D eigenvalue weighted by atomic mass is 9.93. The van der Waals surface area contributed by atoms with Crippen molar-refractivity contribution in [2.45, 2.75) is 18.8 Å². The van der Waals surface area contributed by atoms with Crippen LogP contribution < -0.4 is 0 Å². The van der Waals surface area contributed by atoms with Crippen molar-refractivity contribution in [3.8, 4) is 0 Å². The van der Waals surface area contributed by atoms with Crippen LogP contribution >= 0.6 is 0 Å². The van der Waals surface area contributed by atoms with Crippen LogP contribution in [0.2, 0.25) is 0 Å². The summed E-state index contributed by atoms with van der Waals surface area (Å²) in [6.07, 6.45) is 6.23. The molecule has 0 N–H and O–H groups in total. The third kappa shape index (κ3) is 1.29. The maximum atomic E-state index is 10.8. The Labute approximate surface area is 84.5 Å². The molecule has 1 heteroatoms. The largest absolute Gasteiger partial charge is 0.303 e. The lowest BCUT2D eigenvalue weighted by Crippen LogP contribution is -2.06. The number of benzene rings is 1. The van der Waals surface area contributed by atoms with Gasteiger partial charge >= 0.3 is 0 Å². The molecule has 1 aromatic carbocycles. The van der Waals surface area contributed by atoms with Crippen LogP contribution in [0.4, 0.5) is 0 Å². The van der Waals surface area contributed by atoms with E-state index in [1.165, 1.54) is 5.56 Å². The smallest absolute Gasteiger partial charge is 0.124 e. The number of hydrogen-bond acceptors (Lipinski definition) is 1. The highest BCUT2D eigenvalue weighted by molar-refractivity contribution is 5.66. The van der Waals surface area contributed by atoms with Gasteiger partial charge in [0.15, 0.2) is 0 Å². The molecule has 0 radical (unpaired) electrons. The first-order chi connectivity index (χ1) is 6.83. The standard InChI is InChI=1S/C13H14O/c1-2-8-13(9-12(13)10-14)11-6-4-3-5-7-11/h2-8,10,12H,9H2,1H3/b8-2+/t12-,13-/m0/s1. The molecule has 0 amide bonds. The zero-order chi connectivity index (χ0) is 10.0. The van der Waals surface area contributed by atoms with Crippen molar-refractivity contribution in [3.05, 3.63) is 48.0 Å². The van der Waals surface area contributed by atoms with E-state index in [4.69, 9.17) is 0 Å². The molecular weight excluding hydrogens is 172 g/mol. The van der Waals surface area contributed by atoms with Gasteiger partial charge in [-0.05, 0) is 18.9 Å². The second-order valence-electron chi connectivity index (χ2n) is 3.85. The lowest BCUT2D eigenvalue weighted by Gasteiger charge is -2.10. The monoisotopic (exact) mass is 186 g/mol. The van der Waals surface area contributed by atoms with Crippen LogP contribution in [0, 0.1) is 5.92 Å². The maximum Gasteiger partial charge on any atom is 0.124 e. The molecule has 1 aromatic rings. The van der Waals surface area contributed by atoms with Gasteiger partial charge in [-0.15, -0.1) is 0 Å². The molecule has 0 saturated heterocycles. The summed E-state index contributed by atoms with van der Waals surface area (Å²) in [5, 5.41) is 0. The van der Waals surface area contributed by atoms with E-state index in [0.717, 1.165) is 12.7 Å². The Morgan fingerprint density at radius 3 is 2.57 bits per heavy atom. The Bertz CT molecular complexity index is 353. The zero-order valence-corrected chi connectivity index (χ0v) is 8.31. The summed E-state index contributed by atoms with van der Waals surface area (Å²) in [7, 11) is 0. The van der Waals surface area contributed by atoms with Gasteiger partial charge in [-0.2, -0.15) is 0 Å². The van der Waals surface area contributed by atoms with Crippen LogP contribution in [0.3, 0.4) is 0 Å². The van der Waals surface area contributed by atoms with Crippen LogP contribution in [0.15, 0.2) is 42.5 Å². The highest BCUT2D eigenvalue weighted by Crippen LogP contribution is 2.54. The summed E-state index contributed by atoms with van der Waals surface area (Å²) >= 11 is 0. The van der Waals surface area contributed by atoms with Crippen molar-refractivity contribution in [2.75, 3.05) is 0 Å². The molecule has 0 aliphatic heterocycles. The van der Waals surface area contributed by atoms with Crippen molar-refractivity contribution in [2.24, 2.45) is 5.92 Å². The van der Waals surface area contributed by atoms with E-state index in [1.54, 1.807) is 0 Å². The first-order valence-corrected chi connectivity index (χ1v) is 4.98. The third-order valence-electron chi connectivity index (χ3n) is 3.00. The molecule has 1 saturated carbocycles. The average molecular weight is 186 g/mol. The fourth-order valence-electron chi connectivity index (χ4n) is 2.14. The maximum absolute atomic E-state index is 10.8. The topological polar surface area (TPSA) is 17.1 Å². The van der Waals surface area contributed by atoms with Gasteiger partial charge in [-0.1, -0.05) is 42.5 Å². The van der Waals surface area contributed by atoms with Crippen LogP contribution in [0.1, 0.15) is 18.9 Å². The van der Waals surface area contributed by atoms with Gasteiger partial charge in [-0.3, -0.25) is 0 Å². The molecule has 0 aromatic heterocycles. The van der Waals surface area contributed by atoms with E-state index in [1.807, 2.05) is 31.2 Å². The van der Waals surface area contributed by atoms with E-state index in [-0.39, 0.29) is 11.3 Å². The van der Waals surface area contributed by atoms with Gasteiger partial charge in [0, 0.05) is 11.3 Å². The number of allylic oxidation sites excluding steroid dienone is 2. The van der Waals surface area contributed by atoms with Crippen molar-refractivity contribution in [1.82, 2.24) is 0 Å². The van der Waals surface area contributed by atoms with Crippen molar-refractivity contribution < 1.29 is 4.79 Å². The van der Waals surface area contributed by atoms with Gasteiger partial charge in [0.1, 0.15) is 6.29 Å². The highest BCUT2D eigenvalue weighted by atomic mass is 16.1. The molecule has 1 aliphatic rings. The summed E-state index contributed by atoms with van der Waals surface area (Å²) in [6.45, 7) is 2.00. The van der Waals surface area contributed by atoms with Crippen LogP contribution in [-0.2, 0) is 10.2 Å². The van der Waals surface area contributed by atoms with E-state index < -0.39 is 0 Å². The van der Waals surface area contributed by atoms with Crippen LogP contribution in [-0.4, -0.2) is 6.29 Å².